The highest BCUT2D eigenvalue weighted by Crippen LogP contribution is 2.15. The molecule has 4 heteroatoms. The van der Waals surface area contributed by atoms with Gasteiger partial charge in [-0.3, -0.25) is 0 Å². The zero-order valence-electron chi connectivity index (χ0n) is 5.46. The second-order valence-corrected chi connectivity index (χ2v) is 3.35. The van der Waals surface area contributed by atoms with E-state index in [1.165, 1.54) is 0 Å². The molecule has 2 heterocycles. The SMILES string of the molecule is Clc1ccc2ccc(Br)n2n1. The molecule has 2 aromatic heterocycles. The molecule has 0 spiro atoms. The lowest BCUT2D eigenvalue weighted by Gasteiger charge is -1.94. The van der Waals surface area contributed by atoms with Gasteiger partial charge in [-0.1, -0.05) is 11.6 Å². The fraction of sp³-hybridized carbons (Fsp3) is 0. The molecule has 0 saturated heterocycles. The van der Waals surface area contributed by atoms with Crippen LogP contribution in [-0.2, 0) is 0 Å². The summed E-state index contributed by atoms with van der Waals surface area (Å²) in [5.74, 6) is 0. The minimum Gasteiger partial charge on any atom is -0.225 e. The Morgan fingerprint density at radius 2 is 2.00 bits per heavy atom. The van der Waals surface area contributed by atoms with Gasteiger partial charge in [0.15, 0.2) is 0 Å². The summed E-state index contributed by atoms with van der Waals surface area (Å²) in [4.78, 5) is 0. The standard InChI is InChI=1S/C7H4BrClN2/c8-6-3-1-5-2-4-7(9)10-11(5)6/h1-4H. The summed E-state index contributed by atoms with van der Waals surface area (Å²) >= 11 is 9.04. The topological polar surface area (TPSA) is 17.3 Å². The number of halogens is 2. The molecule has 0 aliphatic carbocycles. The van der Waals surface area contributed by atoms with E-state index in [4.69, 9.17) is 11.6 Å². The molecule has 0 aromatic carbocycles. The highest BCUT2D eigenvalue weighted by Gasteiger charge is 1.98. The van der Waals surface area contributed by atoms with E-state index < -0.39 is 0 Å². The Kier molecular flexibility index (Phi) is 1.62. The summed E-state index contributed by atoms with van der Waals surface area (Å²) in [6.45, 7) is 0. The minimum atomic E-state index is 0.495. The van der Waals surface area contributed by atoms with Gasteiger partial charge in [-0.15, -0.1) is 0 Å². The number of hydrogen-bond acceptors (Lipinski definition) is 1. The van der Waals surface area contributed by atoms with Crippen LogP contribution in [0.1, 0.15) is 0 Å². The monoisotopic (exact) mass is 230 g/mol. The molecule has 11 heavy (non-hydrogen) atoms. The van der Waals surface area contributed by atoms with E-state index in [1.54, 1.807) is 10.6 Å². The van der Waals surface area contributed by atoms with E-state index in [9.17, 15) is 0 Å². The van der Waals surface area contributed by atoms with Crippen LogP contribution in [0.5, 0.6) is 0 Å². The van der Waals surface area contributed by atoms with E-state index in [2.05, 4.69) is 21.0 Å². The lowest BCUT2D eigenvalue weighted by Crippen LogP contribution is -1.89. The second kappa shape index (κ2) is 2.50. The van der Waals surface area contributed by atoms with Crippen molar-refractivity contribution in [1.82, 2.24) is 9.61 Å². The third-order valence-electron chi connectivity index (χ3n) is 1.43. The van der Waals surface area contributed by atoms with Crippen molar-refractivity contribution >= 4 is 33.0 Å². The van der Waals surface area contributed by atoms with Crippen LogP contribution >= 0.6 is 27.5 Å². The molecule has 2 aromatic rings. The van der Waals surface area contributed by atoms with Crippen molar-refractivity contribution in [3.63, 3.8) is 0 Å². The van der Waals surface area contributed by atoms with Gasteiger partial charge in [0.05, 0.1) is 5.52 Å². The highest BCUT2D eigenvalue weighted by molar-refractivity contribution is 9.10. The quantitative estimate of drug-likeness (QED) is 0.681. The molecule has 0 bridgehead atoms. The van der Waals surface area contributed by atoms with Crippen molar-refractivity contribution in [3.8, 4) is 0 Å². The summed E-state index contributed by atoms with van der Waals surface area (Å²) in [7, 11) is 0. The third-order valence-corrected chi connectivity index (χ3v) is 2.23. The van der Waals surface area contributed by atoms with E-state index in [0.29, 0.717) is 5.15 Å². The van der Waals surface area contributed by atoms with Crippen LogP contribution in [-0.4, -0.2) is 9.61 Å². The Labute approximate surface area is 76.9 Å². The van der Waals surface area contributed by atoms with Gasteiger partial charge in [0.25, 0.3) is 0 Å². The Bertz CT molecular complexity index is 396. The van der Waals surface area contributed by atoms with Crippen molar-refractivity contribution in [2.75, 3.05) is 0 Å². The Balaban J connectivity index is 2.87. The predicted molar refractivity (Wildman–Crippen MR) is 47.9 cm³/mol. The number of hydrogen-bond donors (Lipinski definition) is 0. The van der Waals surface area contributed by atoms with Gasteiger partial charge in [-0.25, -0.2) is 4.52 Å². The van der Waals surface area contributed by atoms with Gasteiger partial charge < -0.3 is 0 Å². The van der Waals surface area contributed by atoms with Crippen molar-refractivity contribution in [1.29, 1.82) is 0 Å². The van der Waals surface area contributed by atoms with Crippen LogP contribution in [0.25, 0.3) is 5.52 Å². The van der Waals surface area contributed by atoms with Crippen molar-refractivity contribution in [3.05, 3.63) is 34.0 Å². The van der Waals surface area contributed by atoms with Crippen LogP contribution in [0.2, 0.25) is 5.15 Å². The lowest BCUT2D eigenvalue weighted by atomic mass is 10.5. The zero-order chi connectivity index (χ0) is 7.84. The highest BCUT2D eigenvalue weighted by atomic mass is 79.9. The number of fused-ring (bicyclic) bond motifs is 1. The van der Waals surface area contributed by atoms with E-state index in [1.807, 2.05) is 18.2 Å². The molecule has 0 aliphatic heterocycles. The molecule has 0 N–H and O–H groups in total. The molecule has 0 radical (unpaired) electrons. The third kappa shape index (κ3) is 1.14. The summed E-state index contributed by atoms with van der Waals surface area (Å²) in [5.41, 5.74) is 1.03. The molecular formula is C7H4BrClN2. The van der Waals surface area contributed by atoms with E-state index in [0.717, 1.165) is 10.1 Å². The predicted octanol–water partition coefficient (Wildman–Crippen LogP) is 2.75. The lowest BCUT2D eigenvalue weighted by molar-refractivity contribution is 0.920. The summed E-state index contributed by atoms with van der Waals surface area (Å²) in [5, 5.41) is 4.57. The molecular weight excluding hydrogens is 227 g/mol. The normalized spacial score (nSPS) is 10.7. The molecule has 0 atom stereocenters. The molecule has 0 unspecified atom stereocenters. The van der Waals surface area contributed by atoms with Gasteiger partial charge in [-0.2, -0.15) is 5.10 Å². The summed E-state index contributed by atoms with van der Waals surface area (Å²) in [6, 6.07) is 7.58. The largest absolute Gasteiger partial charge is 0.225 e. The minimum absolute atomic E-state index is 0.495. The first-order valence-electron chi connectivity index (χ1n) is 3.07. The first-order chi connectivity index (χ1) is 5.27. The Hall–Kier alpha value is -0.540. The maximum Gasteiger partial charge on any atom is 0.150 e. The van der Waals surface area contributed by atoms with Crippen molar-refractivity contribution in [2.24, 2.45) is 0 Å². The van der Waals surface area contributed by atoms with Gasteiger partial charge in [0, 0.05) is 0 Å². The molecule has 0 aliphatic rings. The van der Waals surface area contributed by atoms with Crippen LogP contribution in [0, 0.1) is 0 Å². The van der Waals surface area contributed by atoms with Crippen LogP contribution in [0.4, 0.5) is 0 Å². The average molecular weight is 231 g/mol. The second-order valence-electron chi connectivity index (χ2n) is 2.15. The van der Waals surface area contributed by atoms with Crippen LogP contribution in [0.3, 0.4) is 0 Å². The van der Waals surface area contributed by atoms with Gasteiger partial charge >= 0.3 is 0 Å². The zero-order valence-corrected chi connectivity index (χ0v) is 7.80. The molecule has 0 amide bonds. The number of aromatic nitrogens is 2. The summed E-state index contributed by atoms with van der Waals surface area (Å²) in [6.07, 6.45) is 0. The molecule has 56 valence electrons. The fourth-order valence-corrected chi connectivity index (χ4v) is 1.49. The number of rotatable bonds is 0. The van der Waals surface area contributed by atoms with Gasteiger partial charge in [0.1, 0.15) is 9.76 Å². The average Bonchev–Trinajstić information content (AvgIpc) is 2.33. The fourth-order valence-electron chi connectivity index (χ4n) is 0.933. The van der Waals surface area contributed by atoms with E-state index >= 15 is 0 Å². The first-order valence-corrected chi connectivity index (χ1v) is 4.24. The summed E-state index contributed by atoms with van der Waals surface area (Å²) < 4.78 is 2.65. The maximum absolute atomic E-state index is 5.69. The molecule has 2 nitrogen and oxygen atoms in total. The molecule has 0 saturated carbocycles. The Morgan fingerprint density at radius 1 is 1.27 bits per heavy atom. The smallest absolute Gasteiger partial charge is 0.150 e. The Morgan fingerprint density at radius 3 is 2.82 bits per heavy atom. The van der Waals surface area contributed by atoms with Gasteiger partial charge in [-0.05, 0) is 40.2 Å². The molecule has 2 rings (SSSR count). The van der Waals surface area contributed by atoms with Gasteiger partial charge in [0.2, 0.25) is 0 Å². The van der Waals surface area contributed by atoms with E-state index in [-0.39, 0.29) is 0 Å². The van der Waals surface area contributed by atoms with Crippen molar-refractivity contribution in [2.45, 2.75) is 0 Å². The maximum atomic E-state index is 5.69. The van der Waals surface area contributed by atoms with Crippen LogP contribution in [0.15, 0.2) is 28.9 Å². The van der Waals surface area contributed by atoms with Crippen molar-refractivity contribution < 1.29 is 0 Å². The molecule has 0 fully saturated rings. The number of nitrogens with zero attached hydrogens (tertiary/aromatic N) is 2. The van der Waals surface area contributed by atoms with Crippen LogP contribution < -0.4 is 0 Å². The first kappa shape index (κ1) is 7.13.